The summed E-state index contributed by atoms with van der Waals surface area (Å²) in [5.74, 6) is -0.421. The molecule has 0 aliphatic heterocycles. The average molecular weight is 268 g/mol. The van der Waals surface area contributed by atoms with E-state index in [-0.39, 0.29) is 6.04 Å². The third-order valence-electron chi connectivity index (χ3n) is 3.28. The standard InChI is InChI=1S/C14H18ClNO2/c1-9(8-10-2-6-12(15)7-3-10)16-13(14(17)18)11-4-5-11/h2-3,6-7,9,11,13,16H,4-5,8H2,1H3,(H,17,18). The molecule has 0 aromatic heterocycles. The summed E-state index contributed by atoms with van der Waals surface area (Å²) in [6.45, 7) is 2.02. The third kappa shape index (κ3) is 3.72. The van der Waals surface area contributed by atoms with Gasteiger partial charge in [-0.05, 0) is 49.8 Å². The summed E-state index contributed by atoms with van der Waals surface area (Å²) < 4.78 is 0. The van der Waals surface area contributed by atoms with E-state index in [4.69, 9.17) is 16.7 Å². The molecule has 3 nitrogen and oxygen atoms in total. The molecule has 2 N–H and O–H groups in total. The van der Waals surface area contributed by atoms with E-state index in [1.54, 1.807) is 0 Å². The van der Waals surface area contributed by atoms with Gasteiger partial charge in [-0.15, -0.1) is 0 Å². The molecule has 0 amide bonds. The van der Waals surface area contributed by atoms with Crippen molar-refractivity contribution in [1.82, 2.24) is 5.32 Å². The SMILES string of the molecule is CC(Cc1ccc(Cl)cc1)NC(C(=O)O)C1CC1. The Morgan fingerprint density at radius 2 is 2.06 bits per heavy atom. The Morgan fingerprint density at radius 1 is 1.44 bits per heavy atom. The first-order valence-corrected chi connectivity index (χ1v) is 6.67. The molecule has 0 saturated heterocycles. The van der Waals surface area contributed by atoms with Crippen molar-refractivity contribution < 1.29 is 9.90 Å². The van der Waals surface area contributed by atoms with Crippen LogP contribution in [0.15, 0.2) is 24.3 Å². The second-order valence-corrected chi connectivity index (χ2v) is 5.49. The molecule has 1 aliphatic carbocycles. The van der Waals surface area contributed by atoms with Crippen LogP contribution >= 0.6 is 11.6 Å². The summed E-state index contributed by atoms with van der Waals surface area (Å²) in [6, 6.07) is 7.43. The van der Waals surface area contributed by atoms with Gasteiger partial charge in [0.25, 0.3) is 0 Å². The minimum absolute atomic E-state index is 0.146. The van der Waals surface area contributed by atoms with Crippen LogP contribution < -0.4 is 5.32 Å². The fraction of sp³-hybridized carbons (Fsp3) is 0.500. The van der Waals surface area contributed by atoms with E-state index in [0.717, 1.165) is 24.3 Å². The normalized spacial score (nSPS) is 18.3. The van der Waals surface area contributed by atoms with Crippen LogP contribution in [0.2, 0.25) is 5.02 Å². The Labute approximate surface area is 112 Å². The molecular weight excluding hydrogens is 250 g/mol. The molecular formula is C14H18ClNO2. The van der Waals surface area contributed by atoms with Crippen LogP contribution in [0, 0.1) is 5.92 Å². The number of rotatable bonds is 6. The number of carboxylic acid groups (broad SMARTS) is 1. The van der Waals surface area contributed by atoms with Crippen LogP contribution in [0.3, 0.4) is 0 Å². The van der Waals surface area contributed by atoms with E-state index in [2.05, 4.69) is 5.32 Å². The molecule has 2 rings (SSSR count). The largest absolute Gasteiger partial charge is 0.480 e. The number of carbonyl (C=O) groups is 1. The first kappa shape index (κ1) is 13.4. The highest BCUT2D eigenvalue weighted by molar-refractivity contribution is 6.30. The Bertz CT molecular complexity index is 414. The number of hydrogen-bond acceptors (Lipinski definition) is 2. The molecule has 0 radical (unpaired) electrons. The zero-order valence-electron chi connectivity index (χ0n) is 10.4. The van der Waals surface area contributed by atoms with Crippen molar-refractivity contribution in [3.05, 3.63) is 34.9 Å². The second kappa shape index (κ2) is 5.72. The molecule has 0 bridgehead atoms. The number of aliphatic carboxylic acids is 1. The summed E-state index contributed by atoms with van der Waals surface area (Å²) in [6.07, 6.45) is 2.86. The first-order valence-electron chi connectivity index (χ1n) is 6.29. The lowest BCUT2D eigenvalue weighted by Gasteiger charge is -2.20. The molecule has 4 heteroatoms. The van der Waals surface area contributed by atoms with E-state index >= 15 is 0 Å². The maximum Gasteiger partial charge on any atom is 0.320 e. The molecule has 2 unspecified atom stereocenters. The van der Waals surface area contributed by atoms with Gasteiger partial charge in [0, 0.05) is 11.1 Å². The lowest BCUT2D eigenvalue weighted by molar-refractivity contribution is -0.140. The molecule has 2 atom stereocenters. The molecule has 1 aromatic carbocycles. The van der Waals surface area contributed by atoms with Gasteiger partial charge < -0.3 is 10.4 Å². The summed E-state index contributed by atoms with van der Waals surface area (Å²) in [7, 11) is 0. The minimum atomic E-state index is -0.736. The summed E-state index contributed by atoms with van der Waals surface area (Å²) in [4.78, 5) is 11.1. The van der Waals surface area contributed by atoms with Gasteiger partial charge in [0.1, 0.15) is 6.04 Å². The van der Waals surface area contributed by atoms with E-state index in [1.165, 1.54) is 5.56 Å². The molecule has 1 aromatic rings. The Morgan fingerprint density at radius 3 is 2.56 bits per heavy atom. The van der Waals surface area contributed by atoms with Crippen molar-refractivity contribution in [2.75, 3.05) is 0 Å². The number of hydrogen-bond donors (Lipinski definition) is 2. The maximum atomic E-state index is 11.1. The van der Waals surface area contributed by atoms with Crippen LogP contribution in [0.4, 0.5) is 0 Å². The fourth-order valence-electron chi connectivity index (χ4n) is 2.18. The van der Waals surface area contributed by atoms with Crippen LogP contribution in [0.1, 0.15) is 25.3 Å². The highest BCUT2D eigenvalue weighted by atomic mass is 35.5. The lowest BCUT2D eigenvalue weighted by Crippen LogP contribution is -2.44. The van der Waals surface area contributed by atoms with Gasteiger partial charge in [-0.25, -0.2) is 0 Å². The highest BCUT2D eigenvalue weighted by Crippen LogP contribution is 2.33. The van der Waals surface area contributed by atoms with Crippen molar-refractivity contribution in [2.24, 2.45) is 5.92 Å². The van der Waals surface area contributed by atoms with Gasteiger partial charge in [-0.2, -0.15) is 0 Å². The number of halogens is 1. The van der Waals surface area contributed by atoms with Crippen LogP contribution in [0.5, 0.6) is 0 Å². The molecule has 1 fully saturated rings. The van der Waals surface area contributed by atoms with Gasteiger partial charge in [0.05, 0.1) is 0 Å². The van der Waals surface area contributed by atoms with Crippen molar-refractivity contribution in [3.63, 3.8) is 0 Å². The second-order valence-electron chi connectivity index (χ2n) is 5.05. The Balaban J connectivity index is 1.89. The smallest absolute Gasteiger partial charge is 0.320 e. The monoisotopic (exact) mass is 267 g/mol. The van der Waals surface area contributed by atoms with Gasteiger partial charge >= 0.3 is 5.97 Å². The molecule has 0 spiro atoms. The number of nitrogens with one attached hydrogen (secondary N) is 1. The van der Waals surface area contributed by atoms with Crippen molar-refractivity contribution in [3.8, 4) is 0 Å². The number of benzene rings is 1. The topological polar surface area (TPSA) is 49.3 Å². The van der Waals surface area contributed by atoms with Gasteiger partial charge in [0.15, 0.2) is 0 Å². The Kier molecular flexibility index (Phi) is 4.25. The van der Waals surface area contributed by atoms with Crippen LogP contribution in [-0.2, 0) is 11.2 Å². The zero-order chi connectivity index (χ0) is 13.1. The average Bonchev–Trinajstić information content (AvgIpc) is 3.13. The predicted molar refractivity (Wildman–Crippen MR) is 71.9 cm³/mol. The minimum Gasteiger partial charge on any atom is -0.480 e. The highest BCUT2D eigenvalue weighted by Gasteiger charge is 2.36. The molecule has 98 valence electrons. The lowest BCUT2D eigenvalue weighted by atomic mass is 10.1. The van der Waals surface area contributed by atoms with Crippen molar-refractivity contribution >= 4 is 17.6 Å². The fourth-order valence-corrected chi connectivity index (χ4v) is 2.30. The quantitative estimate of drug-likeness (QED) is 0.833. The van der Waals surface area contributed by atoms with Gasteiger partial charge in [0.2, 0.25) is 0 Å². The summed E-state index contributed by atoms with van der Waals surface area (Å²) >= 11 is 5.83. The molecule has 1 saturated carbocycles. The predicted octanol–water partition coefficient (Wildman–Crippen LogP) is 2.72. The molecule has 1 aliphatic rings. The van der Waals surface area contributed by atoms with Crippen molar-refractivity contribution in [2.45, 2.75) is 38.3 Å². The third-order valence-corrected chi connectivity index (χ3v) is 3.53. The maximum absolute atomic E-state index is 11.1. The van der Waals surface area contributed by atoms with Gasteiger partial charge in [-0.1, -0.05) is 23.7 Å². The van der Waals surface area contributed by atoms with E-state index < -0.39 is 12.0 Å². The van der Waals surface area contributed by atoms with Crippen LogP contribution in [0.25, 0.3) is 0 Å². The zero-order valence-corrected chi connectivity index (χ0v) is 11.2. The number of carboxylic acids is 1. The van der Waals surface area contributed by atoms with E-state index in [1.807, 2.05) is 31.2 Å². The van der Waals surface area contributed by atoms with Gasteiger partial charge in [-0.3, -0.25) is 4.79 Å². The van der Waals surface area contributed by atoms with E-state index in [0.29, 0.717) is 5.92 Å². The molecule has 0 heterocycles. The van der Waals surface area contributed by atoms with E-state index in [9.17, 15) is 4.79 Å². The summed E-state index contributed by atoms with van der Waals surface area (Å²) in [5.41, 5.74) is 1.17. The molecule has 18 heavy (non-hydrogen) atoms. The van der Waals surface area contributed by atoms with Crippen molar-refractivity contribution in [1.29, 1.82) is 0 Å². The summed E-state index contributed by atoms with van der Waals surface area (Å²) in [5, 5.41) is 13.1. The first-order chi connectivity index (χ1) is 8.56. The van der Waals surface area contributed by atoms with Crippen LogP contribution in [-0.4, -0.2) is 23.2 Å². The Hall–Kier alpha value is -1.06.